The summed E-state index contributed by atoms with van der Waals surface area (Å²) in [5.41, 5.74) is 1.00. The van der Waals surface area contributed by atoms with Gasteiger partial charge >= 0.3 is 0 Å². The molecule has 1 amide bonds. The highest BCUT2D eigenvalue weighted by atomic mass is 32.2. The number of aryl methyl sites for hydroxylation is 1. The Balaban J connectivity index is 1.72. The Labute approximate surface area is 147 Å². The van der Waals surface area contributed by atoms with Crippen LogP contribution >= 0.6 is 0 Å². The third kappa shape index (κ3) is 4.05. The molecular weight excluding hydrogens is 338 g/mol. The van der Waals surface area contributed by atoms with E-state index < -0.39 is 10.0 Å². The molecule has 7 heteroatoms. The minimum atomic E-state index is -3.58. The molecule has 1 fully saturated rings. The van der Waals surface area contributed by atoms with Crippen molar-refractivity contribution in [1.29, 1.82) is 0 Å². The van der Waals surface area contributed by atoms with Gasteiger partial charge in [-0.15, -0.1) is 0 Å². The van der Waals surface area contributed by atoms with Gasteiger partial charge in [-0.2, -0.15) is 4.31 Å². The topological polar surface area (TPSA) is 79.4 Å². The molecule has 1 aromatic heterocycles. The van der Waals surface area contributed by atoms with Crippen LogP contribution in [0.5, 0.6) is 0 Å². The summed E-state index contributed by atoms with van der Waals surface area (Å²) in [6, 6.07) is 12.1. The van der Waals surface area contributed by atoms with Gasteiger partial charge in [0.05, 0.1) is 10.8 Å². The number of carbonyl (C=O) groups excluding carboxylic acids is 1. The molecule has 3 rings (SSSR count). The zero-order valence-electron chi connectivity index (χ0n) is 14.1. The highest BCUT2D eigenvalue weighted by Crippen LogP contribution is 2.24. The summed E-state index contributed by atoms with van der Waals surface area (Å²) in [6.45, 7) is 2.54. The Morgan fingerprint density at radius 1 is 1.20 bits per heavy atom. The number of aromatic nitrogens is 1. The number of hydrogen-bond acceptors (Lipinski definition) is 4. The first-order valence-electron chi connectivity index (χ1n) is 8.25. The molecule has 132 valence electrons. The molecule has 25 heavy (non-hydrogen) atoms. The Morgan fingerprint density at radius 2 is 1.96 bits per heavy atom. The number of anilines is 1. The van der Waals surface area contributed by atoms with Crippen molar-refractivity contribution >= 4 is 21.7 Å². The van der Waals surface area contributed by atoms with E-state index in [1.807, 2.05) is 6.92 Å². The van der Waals surface area contributed by atoms with E-state index in [2.05, 4.69) is 10.3 Å². The number of benzene rings is 1. The minimum absolute atomic E-state index is 0.189. The first-order valence-corrected chi connectivity index (χ1v) is 9.69. The largest absolute Gasteiger partial charge is 0.310 e. The minimum Gasteiger partial charge on any atom is -0.310 e. The molecule has 0 radical (unpaired) electrons. The first kappa shape index (κ1) is 17.6. The van der Waals surface area contributed by atoms with Crippen molar-refractivity contribution in [3.05, 3.63) is 54.2 Å². The zero-order valence-corrected chi connectivity index (χ0v) is 14.9. The van der Waals surface area contributed by atoms with Crippen LogP contribution in [0, 0.1) is 12.8 Å². The van der Waals surface area contributed by atoms with E-state index in [9.17, 15) is 13.2 Å². The number of nitrogens with zero attached hydrogens (tertiary/aromatic N) is 2. The van der Waals surface area contributed by atoms with Gasteiger partial charge in [-0.1, -0.05) is 23.8 Å². The third-order valence-corrected chi connectivity index (χ3v) is 6.21. The van der Waals surface area contributed by atoms with Crippen molar-refractivity contribution < 1.29 is 13.2 Å². The lowest BCUT2D eigenvalue weighted by molar-refractivity contribution is -0.120. The number of hydrogen-bond donors (Lipinski definition) is 1. The average Bonchev–Trinajstić information content (AvgIpc) is 2.63. The van der Waals surface area contributed by atoms with Gasteiger partial charge in [0.2, 0.25) is 15.9 Å². The maximum atomic E-state index is 12.8. The van der Waals surface area contributed by atoms with E-state index in [-0.39, 0.29) is 23.3 Å². The van der Waals surface area contributed by atoms with Crippen LogP contribution < -0.4 is 5.32 Å². The van der Waals surface area contributed by atoms with Crippen molar-refractivity contribution in [3.63, 3.8) is 0 Å². The predicted octanol–water partition coefficient (Wildman–Crippen LogP) is 2.43. The van der Waals surface area contributed by atoms with Gasteiger partial charge in [0, 0.05) is 19.3 Å². The number of sulfonamides is 1. The van der Waals surface area contributed by atoms with E-state index in [0.717, 1.165) is 5.56 Å². The molecule has 1 aromatic carbocycles. The Morgan fingerprint density at radius 3 is 2.64 bits per heavy atom. The van der Waals surface area contributed by atoms with Crippen molar-refractivity contribution in [2.75, 3.05) is 18.4 Å². The fourth-order valence-electron chi connectivity index (χ4n) is 2.90. The molecule has 1 N–H and O–H groups in total. The Hall–Kier alpha value is -2.25. The SMILES string of the molecule is Cc1ccc(S(=O)(=O)N2CCC[C@@H](C(=O)Nc3ccccn3)C2)cc1. The first-order chi connectivity index (χ1) is 12.0. The van der Waals surface area contributed by atoms with Crippen LogP contribution in [0.3, 0.4) is 0 Å². The summed E-state index contributed by atoms with van der Waals surface area (Å²) in [4.78, 5) is 16.8. The van der Waals surface area contributed by atoms with Crippen LogP contribution in [-0.2, 0) is 14.8 Å². The molecule has 2 aromatic rings. The van der Waals surface area contributed by atoms with Gasteiger partial charge in [-0.3, -0.25) is 4.79 Å². The molecule has 0 spiro atoms. The number of nitrogens with one attached hydrogen (secondary N) is 1. The van der Waals surface area contributed by atoms with E-state index in [1.165, 1.54) is 4.31 Å². The van der Waals surface area contributed by atoms with Crippen molar-refractivity contribution in [1.82, 2.24) is 9.29 Å². The summed E-state index contributed by atoms with van der Waals surface area (Å²) in [5.74, 6) is -0.0931. The lowest BCUT2D eigenvalue weighted by atomic mass is 9.99. The lowest BCUT2D eigenvalue weighted by Gasteiger charge is -2.31. The summed E-state index contributed by atoms with van der Waals surface area (Å²) in [5, 5.41) is 2.76. The van der Waals surface area contributed by atoms with E-state index >= 15 is 0 Å². The molecule has 0 saturated carbocycles. The highest BCUT2D eigenvalue weighted by Gasteiger charge is 2.33. The summed E-state index contributed by atoms with van der Waals surface area (Å²) in [7, 11) is -3.58. The van der Waals surface area contributed by atoms with E-state index in [1.54, 1.807) is 48.7 Å². The summed E-state index contributed by atoms with van der Waals surface area (Å²) < 4.78 is 27.0. The number of pyridine rings is 1. The van der Waals surface area contributed by atoms with Gasteiger partial charge in [-0.05, 0) is 44.0 Å². The number of amides is 1. The third-order valence-electron chi connectivity index (χ3n) is 4.33. The van der Waals surface area contributed by atoms with Crippen LogP contribution in [-0.4, -0.2) is 36.7 Å². The summed E-state index contributed by atoms with van der Waals surface area (Å²) >= 11 is 0. The molecule has 2 heterocycles. The van der Waals surface area contributed by atoms with Crippen LogP contribution in [0.15, 0.2) is 53.6 Å². The monoisotopic (exact) mass is 359 g/mol. The molecule has 1 saturated heterocycles. The second-order valence-corrected chi connectivity index (χ2v) is 8.16. The van der Waals surface area contributed by atoms with E-state index in [0.29, 0.717) is 25.2 Å². The van der Waals surface area contributed by atoms with Crippen LogP contribution in [0.25, 0.3) is 0 Å². The van der Waals surface area contributed by atoms with Gasteiger partial charge in [-0.25, -0.2) is 13.4 Å². The molecule has 0 bridgehead atoms. The number of carbonyl (C=O) groups is 1. The van der Waals surface area contributed by atoms with Crippen molar-refractivity contribution in [2.45, 2.75) is 24.7 Å². The fourth-order valence-corrected chi connectivity index (χ4v) is 4.42. The fraction of sp³-hybridized carbons (Fsp3) is 0.333. The number of rotatable bonds is 4. The molecule has 1 aliphatic heterocycles. The van der Waals surface area contributed by atoms with E-state index in [4.69, 9.17) is 0 Å². The molecular formula is C18H21N3O3S. The molecule has 6 nitrogen and oxygen atoms in total. The standard InChI is InChI=1S/C18H21N3O3S/c1-14-7-9-16(10-8-14)25(23,24)21-12-4-5-15(13-21)18(22)20-17-6-2-3-11-19-17/h2-3,6-11,15H,4-5,12-13H2,1H3,(H,19,20,22)/t15-/m1/s1. The van der Waals surface area contributed by atoms with Crippen LogP contribution in [0.2, 0.25) is 0 Å². The second-order valence-electron chi connectivity index (χ2n) is 6.22. The maximum Gasteiger partial charge on any atom is 0.243 e. The zero-order chi connectivity index (χ0) is 17.9. The Bertz CT molecular complexity index is 836. The summed E-state index contributed by atoms with van der Waals surface area (Å²) in [6.07, 6.45) is 2.93. The van der Waals surface area contributed by atoms with Crippen LogP contribution in [0.1, 0.15) is 18.4 Å². The van der Waals surface area contributed by atoms with Crippen molar-refractivity contribution in [3.8, 4) is 0 Å². The van der Waals surface area contributed by atoms with Gasteiger partial charge in [0.1, 0.15) is 5.82 Å². The average molecular weight is 359 g/mol. The van der Waals surface area contributed by atoms with Gasteiger partial charge < -0.3 is 5.32 Å². The normalized spacial score (nSPS) is 18.7. The maximum absolute atomic E-state index is 12.8. The van der Waals surface area contributed by atoms with Crippen molar-refractivity contribution in [2.24, 2.45) is 5.92 Å². The second kappa shape index (κ2) is 7.33. The lowest BCUT2D eigenvalue weighted by Crippen LogP contribution is -2.43. The van der Waals surface area contributed by atoms with Crippen LogP contribution in [0.4, 0.5) is 5.82 Å². The quantitative estimate of drug-likeness (QED) is 0.909. The molecule has 0 unspecified atom stereocenters. The van der Waals surface area contributed by atoms with Gasteiger partial charge in [0.15, 0.2) is 0 Å². The smallest absolute Gasteiger partial charge is 0.243 e. The predicted molar refractivity (Wildman–Crippen MR) is 95.5 cm³/mol. The van der Waals surface area contributed by atoms with Gasteiger partial charge in [0.25, 0.3) is 0 Å². The molecule has 1 atom stereocenters. The molecule has 1 aliphatic rings. The Kier molecular flexibility index (Phi) is 5.15. The molecule has 0 aliphatic carbocycles. The number of piperidine rings is 1. The highest BCUT2D eigenvalue weighted by molar-refractivity contribution is 7.89.